The van der Waals surface area contributed by atoms with Crippen LogP contribution in [0.3, 0.4) is 0 Å². The molecule has 0 aromatic heterocycles. The average Bonchev–Trinajstić information content (AvgIpc) is 2.85. The van der Waals surface area contributed by atoms with Crippen LogP contribution >= 0.6 is 0 Å². The lowest BCUT2D eigenvalue weighted by Gasteiger charge is -2.35. The van der Waals surface area contributed by atoms with E-state index in [0.29, 0.717) is 19.4 Å². The Morgan fingerprint density at radius 3 is 2.43 bits per heavy atom. The van der Waals surface area contributed by atoms with Crippen molar-refractivity contribution in [1.29, 1.82) is 0 Å². The van der Waals surface area contributed by atoms with E-state index < -0.39 is 27.5 Å². The van der Waals surface area contributed by atoms with Crippen LogP contribution in [0.4, 0.5) is 4.79 Å². The minimum Gasteiger partial charge on any atom is -0.444 e. The number of carbonyl (C=O) groups is 1. The Morgan fingerprint density at radius 1 is 1.25 bits per heavy atom. The van der Waals surface area contributed by atoms with Crippen LogP contribution in [-0.4, -0.2) is 50.0 Å². The molecular formula is C20H31NO6S. The molecule has 1 aliphatic rings. The van der Waals surface area contributed by atoms with Gasteiger partial charge in [0.25, 0.3) is 10.1 Å². The third-order valence-corrected chi connectivity index (χ3v) is 5.72. The van der Waals surface area contributed by atoms with Crippen molar-refractivity contribution in [2.45, 2.75) is 76.6 Å². The summed E-state index contributed by atoms with van der Waals surface area (Å²) in [6.07, 6.45) is 0.578. The van der Waals surface area contributed by atoms with Crippen molar-refractivity contribution < 1.29 is 26.9 Å². The molecule has 1 aromatic rings. The summed E-state index contributed by atoms with van der Waals surface area (Å²) in [7, 11) is -3.79. The van der Waals surface area contributed by atoms with Crippen molar-refractivity contribution in [3.05, 3.63) is 29.8 Å². The van der Waals surface area contributed by atoms with Gasteiger partial charge in [0.2, 0.25) is 0 Å². The number of benzene rings is 1. The molecule has 1 aromatic carbocycles. The third-order valence-electron chi connectivity index (χ3n) is 4.39. The van der Waals surface area contributed by atoms with Crippen LogP contribution in [0.25, 0.3) is 0 Å². The summed E-state index contributed by atoms with van der Waals surface area (Å²) < 4.78 is 40.9. The molecule has 0 radical (unpaired) electrons. The van der Waals surface area contributed by atoms with Crippen LogP contribution in [0.2, 0.25) is 0 Å². The van der Waals surface area contributed by atoms with Crippen molar-refractivity contribution in [2.75, 3.05) is 13.2 Å². The Bertz CT molecular complexity index is 780. The highest BCUT2D eigenvalue weighted by molar-refractivity contribution is 7.86. The number of ether oxygens (including phenoxy) is 2. The van der Waals surface area contributed by atoms with Crippen LogP contribution in [-0.2, 0) is 23.8 Å². The van der Waals surface area contributed by atoms with Gasteiger partial charge in [0.05, 0.1) is 24.2 Å². The maximum atomic E-state index is 12.6. The molecular weight excluding hydrogens is 382 g/mol. The minimum atomic E-state index is -3.79. The van der Waals surface area contributed by atoms with E-state index in [4.69, 9.17) is 13.7 Å². The average molecular weight is 414 g/mol. The van der Waals surface area contributed by atoms with Gasteiger partial charge < -0.3 is 9.47 Å². The second-order valence-electron chi connectivity index (χ2n) is 8.49. The Kier molecular flexibility index (Phi) is 6.78. The van der Waals surface area contributed by atoms with Gasteiger partial charge in [-0.2, -0.15) is 8.42 Å². The normalized spacial score (nSPS) is 19.6. The molecule has 2 rings (SSSR count). The summed E-state index contributed by atoms with van der Waals surface area (Å²) in [4.78, 5) is 14.3. The Morgan fingerprint density at radius 2 is 1.86 bits per heavy atom. The predicted octanol–water partition coefficient (Wildman–Crippen LogP) is 3.85. The highest BCUT2D eigenvalue weighted by Crippen LogP contribution is 2.31. The zero-order valence-corrected chi connectivity index (χ0v) is 18.3. The summed E-state index contributed by atoms with van der Waals surface area (Å²) in [5.74, 6) is 0. The zero-order valence-electron chi connectivity index (χ0n) is 17.5. The van der Waals surface area contributed by atoms with E-state index in [-0.39, 0.29) is 17.5 Å². The van der Waals surface area contributed by atoms with Crippen molar-refractivity contribution in [2.24, 2.45) is 0 Å². The Balaban J connectivity index is 1.92. The molecule has 0 aliphatic carbocycles. The molecule has 0 saturated carbocycles. The van der Waals surface area contributed by atoms with Gasteiger partial charge in [-0.25, -0.2) is 4.79 Å². The van der Waals surface area contributed by atoms with Gasteiger partial charge in [0.1, 0.15) is 11.3 Å². The van der Waals surface area contributed by atoms with Crippen molar-refractivity contribution in [3.8, 4) is 0 Å². The van der Waals surface area contributed by atoms with Crippen molar-refractivity contribution in [3.63, 3.8) is 0 Å². The molecule has 7 nitrogen and oxygen atoms in total. The number of rotatable bonds is 6. The molecule has 8 heteroatoms. The summed E-state index contributed by atoms with van der Waals surface area (Å²) in [6, 6.07) is 6.32. The molecule has 1 heterocycles. The summed E-state index contributed by atoms with van der Waals surface area (Å²) in [5, 5.41) is 0. The topological polar surface area (TPSA) is 82.1 Å². The first-order valence-electron chi connectivity index (χ1n) is 9.44. The highest BCUT2D eigenvalue weighted by Gasteiger charge is 2.45. The summed E-state index contributed by atoms with van der Waals surface area (Å²) in [6.45, 7) is 11.4. The number of carbonyl (C=O) groups excluding carboxylic acids is 1. The third kappa shape index (κ3) is 5.93. The molecule has 0 unspecified atom stereocenters. The van der Waals surface area contributed by atoms with Crippen molar-refractivity contribution >= 4 is 16.2 Å². The van der Waals surface area contributed by atoms with Gasteiger partial charge in [0.15, 0.2) is 0 Å². The first-order valence-corrected chi connectivity index (χ1v) is 10.8. The van der Waals surface area contributed by atoms with Crippen LogP contribution in [0, 0.1) is 6.92 Å². The van der Waals surface area contributed by atoms with Crippen LogP contribution < -0.4 is 0 Å². The van der Waals surface area contributed by atoms with Gasteiger partial charge >= 0.3 is 6.09 Å². The van der Waals surface area contributed by atoms with E-state index in [1.807, 2.05) is 41.5 Å². The molecule has 158 valence electrons. The van der Waals surface area contributed by atoms with Gasteiger partial charge in [-0.05, 0) is 66.5 Å². The van der Waals surface area contributed by atoms with Gasteiger partial charge in [0, 0.05) is 0 Å². The van der Waals surface area contributed by atoms with Gasteiger partial charge in [-0.1, -0.05) is 17.7 Å². The number of hydrogen-bond donors (Lipinski definition) is 0. The SMILES string of the molecule is Cc1ccc(S(=O)(=O)OCCC[C@H]2COC(C)(C)N2C(=O)OC(C)(C)C)cc1. The Hall–Kier alpha value is -1.64. The fourth-order valence-corrected chi connectivity index (χ4v) is 3.98. The number of amides is 1. The first-order chi connectivity index (χ1) is 12.8. The predicted molar refractivity (Wildman–Crippen MR) is 105 cm³/mol. The fraction of sp³-hybridized carbons (Fsp3) is 0.650. The molecule has 0 bridgehead atoms. The number of aryl methyl sites for hydroxylation is 1. The van der Waals surface area contributed by atoms with E-state index >= 15 is 0 Å². The minimum absolute atomic E-state index is 0.0370. The molecule has 0 spiro atoms. The molecule has 1 atom stereocenters. The maximum absolute atomic E-state index is 12.6. The van der Waals surface area contributed by atoms with E-state index in [9.17, 15) is 13.2 Å². The summed E-state index contributed by atoms with van der Waals surface area (Å²) in [5.41, 5.74) is -0.405. The van der Waals surface area contributed by atoms with Crippen LogP contribution in [0.5, 0.6) is 0 Å². The summed E-state index contributed by atoms with van der Waals surface area (Å²) >= 11 is 0. The van der Waals surface area contributed by atoms with Crippen LogP contribution in [0.1, 0.15) is 53.0 Å². The second kappa shape index (κ2) is 8.39. The largest absolute Gasteiger partial charge is 0.444 e. The highest BCUT2D eigenvalue weighted by atomic mass is 32.2. The molecule has 1 saturated heterocycles. The maximum Gasteiger partial charge on any atom is 0.412 e. The molecule has 1 amide bonds. The van der Waals surface area contributed by atoms with E-state index in [1.165, 1.54) is 12.1 Å². The second-order valence-corrected chi connectivity index (χ2v) is 10.1. The Labute approximate surface area is 168 Å². The van der Waals surface area contributed by atoms with Crippen LogP contribution in [0.15, 0.2) is 29.2 Å². The molecule has 1 fully saturated rings. The monoisotopic (exact) mass is 413 g/mol. The molecule has 0 N–H and O–H groups in total. The zero-order chi connectivity index (χ0) is 21.2. The van der Waals surface area contributed by atoms with Crippen molar-refractivity contribution in [1.82, 2.24) is 4.90 Å². The molecule has 28 heavy (non-hydrogen) atoms. The lowest BCUT2D eigenvalue weighted by molar-refractivity contribution is -0.0628. The fourth-order valence-electron chi connectivity index (χ4n) is 3.04. The smallest absolute Gasteiger partial charge is 0.412 e. The standard InChI is InChI=1S/C20H31NO6S/c1-15-9-11-17(12-10-15)28(23,24)26-13-7-8-16-14-25-20(5,6)21(16)18(22)27-19(2,3)4/h9-12,16H,7-8,13-14H2,1-6H3/t16-/m0/s1. The molecule has 1 aliphatic heterocycles. The quantitative estimate of drug-likeness (QED) is 0.520. The van der Waals surface area contributed by atoms with E-state index in [1.54, 1.807) is 17.0 Å². The van der Waals surface area contributed by atoms with E-state index in [0.717, 1.165) is 5.56 Å². The lowest BCUT2D eigenvalue weighted by Crippen LogP contribution is -2.49. The van der Waals surface area contributed by atoms with E-state index in [2.05, 4.69) is 0 Å². The first kappa shape index (κ1) is 22.6. The number of hydrogen-bond acceptors (Lipinski definition) is 6. The number of nitrogens with zero attached hydrogens (tertiary/aromatic N) is 1. The van der Waals surface area contributed by atoms with Gasteiger partial charge in [-0.3, -0.25) is 9.08 Å². The lowest BCUT2D eigenvalue weighted by atomic mass is 10.1. The van der Waals surface area contributed by atoms with Gasteiger partial charge in [-0.15, -0.1) is 0 Å².